The van der Waals surface area contributed by atoms with E-state index in [0.29, 0.717) is 5.82 Å². The molecular weight excluding hydrogens is 254 g/mol. The van der Waals surface area contributed by atoms with E-state index in [2.05, 4.69) is 39.7 Å². The Morgan fingerprint density at radius 2 is 2.20 bits per heavy atom. The standard InChI is InChI=1S/C11H10BrN3/c1-7(2)15-10-6-8(12)4-5-9(10)11(13-3)14-15/h4-7H,1-2H3. The van der Waals surface area contributed by atoms with Crippen molar-refractivity contribution in [3.63, 3.8) is 0 Å². The van der Waals surface area contributed by atoms with Gasteiger partial charge < -0.3 is 4.85 Å². The summed E-state index contributed by atoms with van der Waals surface area (Å²) < 4.78 is 2.89. The maximum Gasteiger partial charge on any atom is 0.303 e. The lowest BCUT2D eigenvalue weighted by Crippen LogP contribution is -2.01. The van der Waals surface area contributed by atoms with Crippen LogP contribution in [0.4, 0.5) is 5.82 Å². The van der Waals surface area contributed by atoms with Crippen LogP contribution in [-0.2, 0) is 0 Å². The molecule has 0 amide bonds. The summed E-state index contributed by atoms with van der Waals surface area (Å²) in [6, 6.07) is 6.12. The topological polar surface area (TPSA) is 22.2 Å². The number of hydrogen-bond donors (Lipinski definition) is 0. The summed E-state index contributed by atoms with van der Waals surface area (Å²) in [6.07, 6.45) is 0. The third kappa shape index (κ3) is 1.64. The van der Waals surface area contributed by atoms with Gasteiger partial charge in [-0.3, -0.25) is 0 Å². The summed E-state index contributed by atoms with van der Waals surface area (Å²) in [5, 5.41) is 5.21. The molecule has 0 aliphatic carbocycles. The van der Waals surface area contributed by atoms with Crippen molar-refractivity contribution in [3.05, 3.63) is 34.1 Å². The van der Waals surface area contributed by atoms with Gasteiger partial charge in [-0.05, 0) is 31.1 Å². The number of aromatic nitrogens is 2. The van der Waals surface area contributed by atoms with E-state index >= 15 is 0 Å². The fourth-order valence-electron chi connectivity index (χ4n) is 1.57. The van der Waals surface area contributed by atoms with E-state index in [9.17, 15) is 0 Å². The van der Waals surface area contributed by atoms with E-state index in [1.54, 1.807) is 0 Å². The van der Waals surface area contributed by atoms with Crippen LogP contribution in [0.25, 0.3) is 15.7 Å². The van der Waals surface area contributed by atoms with Crippen LogP contribution in [-0.4, -0.2) is 9.78 Å². The van der Waals surface area contributed by atoms with Crippen molar-refractivity contribution in [1.29, 1.82) is 0 Å². The van der Waals surface area contributed by atoms with Crippen molar-refractivity contribution < 1.29 is 0 Å². The first-order chi connectivity index (χ1) is 7.13. The molecule has 76 valence electrons. The maximum absolute atomic E-state index is 7.07. The second-order valence-corrected chi connectivity index (χ2v) is 4.55. The molecule has 0 atom stereocenters. The van der Waals surface area contributed by atoms with E-state index < -0.39 is 0 Å². The molecule has 0 aliphatic rings. The van der Waals surface area contributed by atoms with Gasteiger partial charge in [0.25, 0.3) is 0 Å². The molecule has 4 heteroatoms. The Bertz CT molecular complexity index is 549. The lowest BCUT2D eigenvalue weighted by Gasteiger charge is -2.02. The number of hydrogen-bond acceptors (Lipinski definition) is 1. The van der Waals surface area contributed by atoms with Crippen LogP contribution < -0.4 is 0 Å². The van der Waals surface area contributed by atoms with Gasteiger partial charge in [-0.2, -0.15) is 4.68 Å². The zero-order chi connectivity index (χ0) is 11.0. The van der Waals surface area contributed by atoms with Gasteiger partial charge in [-0.1, -0.05) is 28.6 Å². The molecule has 0 saturated heterocycles. The van der Waals surface area contributed by atoms with Crippen LogP contribution in [0.2, 0.25) is 0 Å². The van der Waals surface area contributed by atoms with E-state index in [0.717, 1.165) is 15.4 Å². The van der Waals surface area contributed by atoms with Crippen molar-refractivity contribution in [2.75, 3.05) is 0 Å². The number of nitrogens with zero attached hydrogens (tertiary/aromatic N) is 3. The molecule has 15 heavy (non-hydrogen) atoms. The van der Waals surface area contributed by atoms with E-state index in [1.807, 2.05) is 22.9 Å². The first kappa shape index (κ1) is 10.2. The van der Waals surface area contributed by atoms with Gasteiger partial charge >= 0.3 is 5.82 Å². The Kier molecular flexibility index (Phi) is 2.49. The molecule has 0 bridgehead atoms. The Hall–Kier alpha value is -1.34. The highest BCUT2D eigenvalue weighted by atomic mass is 79.9. The van der Waals surface area contributed by atoms with Gasteiger partial charge in [0.2, 0.25) is 0 Å². The van der Waals surface area contributed by atoms with Crippen LogP contribution in [0.15, 0.2) is 22.7 Å². The molecule has 1 heterocycles. The fraction of sp³-hybridized carbons (Fsp3) is 0.273. The highest BCUT2D eigenvalue weighted by Gasteiger charge is 2.14. The zero-order valence-corrected chi connectivity index (χ0v) is 10.1. The first-order valence-corrected chi connectivity index (χ1v) is 5.48. The third-order valence-electron chi connectivity index (χ3n) is 2.24. The lowest BCUT2D eigenvalue weighted by atomic mass is 10.2. The average Bonchev–Trinajstić information content (AvgIpc) is 2.55. The van der Waals surface area contributed by atoms with E-state index in [1.165, 1.54) is 0 Å². The molecule has 2 aromatic rings. The van der Waals surface area contributed by atoms with Crippen molar-refractivity contribution in [2.45, 2.75) is 19.9 Å². The van der Waals surface area contributed by atoms with Crippen LogP contribution >= 0.6 is 15.9 Å². The average molecular weight is 264 g/mol. The molecule has 3 nitrogen and oxygen atoms in total. The smallest absolute Gasteiger partial charge is 0.303 e. The van der Waals surface area contributed by atoms with Crippen LogP contribution in [0.3, 0.4) is 0 Å². The largest absolute Gasteiger partial charge is 0.358 e. The predicted octanol–water partition coefficient (Wildman–Crippen LogP) is 3.93. The van der Waals surface area contributed by atoms with Crippen molar-refractivity contribution in [3.8, 4) is 0 Å². The normalized spacial score (nSPS) is 10.9. The number of benzene rings is 1. The first-order valence-electron chi connectivity index (χ1n) is 4.68. The Morgan fingerprint density at radius 3 is 2.80 bits per heavy atom. The Balaban J connectivity index is 2.83. The van der Waals surface area contributed by atoms with Gasteiger partial charge in [0, 0.05) is 9.86 Å². The zero-order valence-electron chi connectivity index (χ0n) is 8.53. The summed E-state index contributed by atoms with van der Waals surface area (Å²) in [5.74, 6) is 0.478. The van der Waals surface area contributed by atoms with Gasteiger partial charge in [-0.15, -0.1) is 0 Å². The predicted molar refractivity (Wildman–Crippen MR) is 64.1 cm³/mol. The molecule has 2 rings (SSSR count). The van der Waals surface area contributed by atoms with Crippen molar-refractivity contribution >= 4 is 32.7 Å². The molecule has 1 aromatic heterocycles. The molecular formula is C11H10BrN3. The highest BCUT2D eigenvalue weighted by Crippen LogP contribution is 2.29. The quantitative estimate of drug-likeness (QED) is 0.715. The molecule has 0 aliphatic heterocycles. The number of fused-ring (bicyclic) bond motifs is 1. The maximum atomic E-state index is 7.07. The molecule has 1 aromatic carbocycles. The van der Waals surface area contributed by atoms with Crippen LogP contribution in [0, 0.1) is 6.57 Å². The fourth-order valence-corrected chi connectivity index (χ4v) is 1.92. The minimum atomic E-state index is 0.261. The summed E-state index contributed by atoms with van der Waals surface area (Å²) in [6.45, 7) is 11.2. The van der Waals surface area contributed by atoms with Gasteiger partial charge in [0.05, 0.1) is 11.6 Å². The Labute approximate surface area is 96.7 Å². The molecule has 0 N–H and O–H groups in total. The third-order valence-corrected chi connectivity index (χ3v) is 2.74. The second-order valence-electron chi connectivity index (χ2n) is 3.64. The molecule has 0 fully saturated rings. The second kappa shape index (κ2) is 3.67. The van der Waals surface area contributed by atoms with Gasteiger partial charge in [0.1, 0.15) is 0 Å². The lowest BCUT2D eigenvalue weighted by molar-refractivity contribution is 0.553. The van der Waals surface area contributed by atoms with Crippen molar-refractivity contribution in [1.82, 2.24) is 9.78 Å². The number of halogens is 1. The molecule has 0 radical (unpaired) electrons. The number of rotatable bonds is 1. The minimum Gasteiger partial charge on any atom is -0.358 e. The van der Waals surface area contributed by atoms with Gasteiger partial charge in [0.15, 0.2) is 0 Å². The van der Waals surface area contributed by atoms with Crippen LogP contribution in [0.1, 0.15) is 19.9 Å². The molecule has 0 unspecified atom stereocenters. The summed E-state index contributed by atoms with van der Waals surface area (Å²) in [5.41, 5.74) is 1.00. The summed E-state index contributed by atoms with van der Waals surface area (Å²) in [4.78, 5) is 3.43. The SMILES string of the molecule is [C-]#[N+]c1nn(C(C)C)c2cc(Br)ccc12. The monoisotopic (exact) mass is 263 g/mol. The highest BCUT2D eigenvalue weighted by molar-refractivity contribution is 9.10. The molecule has 0 spiro atoms. The van der Waals surface area contributed by atoms with Crippen molar-refractivity contribution in [2.24, 2.45) is 0 Å². The summed E-state index contributed by atoms with van der Waals surface area (Å²) >= 11 is 3.43. The summed E-state index contributed by atoms with van der Waals surface area (Å²) in [7, 11) is 0. The van der Waals surface area contributed by atoms with Crippen LogP contribution in [0.5, 0.6) is 0 Å². The van der Waals surface area contributed by atoms with Gasteiger partial charge in [-0.25, -0.2) is 0 Å². The Morgan fingerprint density at radius 1 is 1.47 bits per heavy atom. The van der Waals surface area contributed by atoms with E-state index in [4.69, 9.17) is 6.57 Å². The molecule has 0 saturated carbocycles. The van der Waals surface area contributed by atoms with E-state index in [-0.39, 0.29) is 6.04 Å². The minimum absolute atomic E-state index is 0.261.